The molecule has 1 rings (SSSR count). The number of benzene rings is 1. The van der Waals surface area contributed by atoms with Crippen molar-refractivity contribution in [3.63, 3.8) is 0 Å². The van der Waals surface area contributed by atoms with Crippen LogP contribution in [-0.4, -0.2) is 24.7 Å². The molecule has 18 heavy (non-hydrogen) atoms. The minimum atomic E-state index is -0.462. The molecule has 0 aliphatic carbocycles. The summed E-state index contributed by atoms with van der Waals surface area (Å²) in [5.41, 5.74) is 0.752. The molecule has 0 radical (unpaired) electrons. The smallest absolute Gasteiger partial charge is 0.310 e. The van der Waals surface area contributed by atoms with Crippen molar-refractivity contribution in [3.8, 4) is 5.75 Å². The first-order chi connectivity index (χ1) is 8.69. The maximum Gasteiger partial charge on any atom is 0.310 e. The zero-order valence-electron chi connectivity index (χ0n) is 10.2. The highest BCUT2D eigenvalue weighted by Crippen LogP contribution is 2.28. The number of nitro groups is 1. The van der Waals surface area contributed by atoms with Gasteiger partial charge in [-0.1, -0.05) is 6.07 Å². The highest BCUT2D eigenvalue weighted by molar-refractivity contribution is 6.17. The van der Waals surface area contributed by atoms with Gasteiger partial charge in [-0.25, -0.2) is 0 Å². The second-order valence-electron chi connectivity index (χ2n) is 3.59. The van der Waals surface area contributed by atoms with Crippen molar-refractivity contribution in [1.82, 2.24) is 0 Å². The predicted molar refractivity (Wildman–Crippen MR) is 69.3 cm³/mol. The summed E-state index contributed by atoms with van der Waals surface area (Å²) in [7, 11) is 0. The van der Waals surface area contributed by atoms with Gasteiger partial charge in [0.05, 0.1) is 11.5 Å². The van der Waals surface area contributed by atoms with E-state index in [1.807, 2.05) is 6.92 Å². The van der Waals surface area contributed by atoms with Crippen molar-refractivity contribution in [2.24, 2.45) is 0 Å². The molecule has 0 atom stereocenters. The Balaban J connectivity index is 2.63. The zero-order chi connectivity index (χ0) is 13.4. The summed E-state index contributed by atoms with van der Waals surface area (Å²) in [5.74, 6) is 0.558. The largest absolute Gasteiger partial charge is 0.487 e. The second kappa shape index (κ2) is 7.89. The third-order valence-electron chi connectivity index (χ3n) is 2.27. The Morgan fingerprint density at radius 2 is 2.17 bits per heavy atom. The highest BCUT2D eigenvalue weighted by Gasteiger charge is 2.15. The van der Waals surface area contributed by atoms with Crippen LogP contribution >= 0.6 is 11.6 Å². The van der Waals surface area contributed by atoms with Gasteiger partial charge in [-0.15, -0.1) is 11.6 Å². The summed E-state index contributed by atoms with van der Waals surface area (Å²) in [6.45, 7) is 3.53. The lowest BCUT2D eigenvalue weighted by Crippen LogP contribution is -2.04. The van der Waals surface area contributed by atoms with Crippen LogP contribution in [0.5, 0.6) is 5.75 Å². The molecule has 0 saturated carbocycles. The number of nitrogens with zero attached hydrogens (tertiary/aromatic N) is 1. The fourth-order valence-electron chi connectivity index (χ4n) is 1.40. The van der Waals surface area contributed by atoms with Crippen LogP contribution in [-0.2, 0) is 10.6 Å². The van der Waals surface area contributed by atoms with Crippen LogP contribution in [0.2, 0.25) is 0 Å². The fourth-order valence-corrected chi connectivity index (χ4v) is 1.56. The highest BCUT2D eigenvalue weighted by atomic mass is 35.5. The number of hydrogen-bond acceptors (Lipinski definition) is 4. The third-order valence-corrected chi connectivity index (χ3v) is 2.58. The number of nitro benzene ring substituents is 1. The van der Waals surface area contributed by atoms with Crippen LogP contribution in [0.3, 0.4) is 0 Å². The normalized spacial score (nSPS) is 10.3. The Hall–Kier alpha value is -1.33. The van der Waals surface area contributed by atoms with E-state index in [-0.39, 0.29) is 11.4 Å². The van der Waals surface area contributed by atoms with Crippen LogP contribution in [0.25, 0.3) is 0 Å². The number of ether oxygens (including phenoxy) is 2. The predicted octanol–water partition coefficient (Wildman–Crippen LogP) is 3.14. The second-order valence-corrected chi connectivity index (χ2v) is 3.86. The molecule has 0 saturated heterocycles. The van der Waals surface area contributed by atoms with Crippen molar-refractivity contribution in [1.29, 1.82) is 0 Å². The number of alkyl halides is 1. The molecule has 6 heteroatoms. The minimum absolute atomic E-state index is 0.0414. The lowest BCUT2D eigenvalue weighted by Gasteiger charge is -2.08. The van der Waals surface area contributed by atoms with Crippen LogP contribution in [0.1, 0.15) is 18.9 Å². The maximum absolute atomic E-state index is 10.8. The Morgan fingerprint density at radius 3 is 2.78 bits per heavy atom. The summed E-state index contributed by atoms with van der Waals surface area (Å²) in [4.78, 5) is 10.4. The van der Waals surface area contributed by atoms with Crippen LogP contribution in [0.4, 0.5) is 5.69 Å². The van der Waals surface area contributed by atoms with E-state index in [4.69, 9.17) is 21.1 Å². The van der Waals surface area contributed by atoms with E-state index in [9.17, 15) is 10.1 Å². The van der Waals surface area contributed by atoms with Crippen molar-refractivity contribution < 1.29 is 14.4 Å². The Kier molecular flexibility index (Phi) is 6.46. The van der Waals surface area contributed by atoms with Gasteiger partial charge in [-0.05, 0) is 18.6 Å². The van der Waals surface area contributed by atoms with E-state index in [1.54, 1.807) is 12.1 Å². The van der Waals surface area contributed by atoms with E-state index in [0.29, 0.717) is 32.1 Å². The molecule has 1 aromatic carbocycles. The molecule has 0 aliphatic rings. The van der Waals surface area contributed by atoms with Crippen LogP contribution in [0.15, 0.2) is 18.2 Å². The van der Waals surface area contributed by atoms with E-state index in [0.717, 1.165) is 5.56 Å². The first-order valence-electron chi connectivity index (χ1n) is 5.72. The van der Waals surface area contributed by atoms with Gasteiger partial charge in [-0.2, -0.15) is 0 Å². The molecule has 0 heterocycles. The third kappa shape index (κ3) is 4.50. The first kappa shape index (κ1) is 14.7. The SMILES string of the molecule is CCOCCCOc1cc(CCl)ccc1[N+](=O)[O-]. The molecule has 0 spiro atoms. The summed E-state index contributed by atoms with van der Waals surface area (Å²) in [6.07, 6.45) is 0.691. The number of hydrogen-bond donors (Lipinski definition) is 0. The monoisotopic (exact) mass is 273 g/mol. The van der Waals surface area contributed by atoms with Gasteiger partial charge in [0.15, 0.2) is 5.75 Å². The minimum Gasteiger partial charge on any atom is -0.487 e. The summed E-state index contributed by atoms with van der Waals surface area (Å²) in [5, 5.41) is 10.8. The Morgan fingerprint density at radius 1 is 1.39 bits per heavy atom. The molecule has 0 fully saturated rings. The summed E-state index contributed by atoms with van der Waals surface area (Å²) in [6, 6.07) is 4.64. The summed E-state index contributed by atoms with van der Waals surface area (Å²) >= 11 is 5.69. The lowest BCUT2D eigenvalue weighted by atomic mass is 10.2. The van der Waals surface area contributed by atoms with Crippen LogP contribution < -0.4 is 4.74 Å². The Bertz CT molecular complexity index is 398. The number of rotatable bonds is 8. The molecule has 5 nitrogen and oxygen atoms in total. The molecule has 0 unspecified atom stereocenters. The quantitative estimate of drug-likeness (QED) is 0.316. The van der Waals surface area contributed by atoms with E-state index in [2.05, 4.69) is 0 Å². The molecule has 100 valence electrons. The average molecular weight is 274 g/mol. The van der Waals surface area contributed by atoms with Gasteiger partial charge in [0.1, 0.15) is 0 Å². The molecule has 0 aliphatic heterocycles. The lowest BCUT2D eigenvalue weighted by molar-refractivity contribution is -0.385. The topological polar surface area (TPSA) is 61.6 Å². The van der Waals surface area contributed by atoms with E-state index < -0.39 is 4.92 Å². The van der Waals surface area contributed by atoms with Gasteiger partial charge in [0.2, 0.25) is 0 Å². The van der Waals surface area contributed by atoms with E-state index in [1.165, 1.54) is 6.07 Å². The van der Waals surface area contributed by atoms with Crippen LogP contribution in [0, 0.1) is 10.1 Å². The number of halogens is 1. The standard InChI is InChI=1S/C12H16ClNO4/c1-2-17-6-3-7-18-12-8-10(9-13)4-5-11(12)14(15)16/h4-5,8H,2-3,6-7,9H2,1H3. The van der Waals surface area contributed by atoms with E-state index >= 15 is 0 Å². The van der Waals surface area contributed by atoms with Gasteiger partial charge < -0.3 is 9.47 Å². The molecule has 0 bridgehead atoms. The molecule has 0 N–H and O–H groups in total. The van der Waals surface area contributed by atoms with Gasteiger partial charge in [-0.3, -0.25) is 10.1 Å². The van der Waals surface area contributed by atoms with Crippen molar-refractivity contribution >= 4 is 17.3 Å². The first-order valence-corrected chi connectivity index (χ1v) is 6.26. The molecule has 0 aromatic heterocycles. The molecule has 1 aromatic rings. The van der Waals surface area contributed by atoms with Gasteiger partial charge >= 0.3 is 5.69 Å². The zero-order valence-corrected chi connectivity index (χ0v) is 11.0. The molecular formula is C12H16ClNO4. The average Bonchev–Trinajstić information content (AvgIpc) is 2.38. The molecular weight excluding hydrogens is 258 g/mol. The van der Waals surface area contributed by atoms with Crippen molar-refractivity contribution in [3.05, 3.63) is 33.9 Å². The molecule has 0 amide bonds. The van der Waals surface area contributed by atoms with Gasteiger partial charge in [0, 0.05) is 31.6 Å². The van der Waals surface area contributed by atoms with Crippen molar-refractivity contribution in [2.75, 3.05) is 19.8 Å². The summed E-state index contributed by atoms with van der Waals surface area (Å²) < 4.78 is 10.6. The van der Waals surface area contributed by atoms with Gasteiger partial charge in [0.25, 0.3) is 0 Å². The van der Waals surface area contributed by atoms with Crippen molar-refractivity contribution in [2.45, 2.75) is 19.2 Å². The maximum atomic E-state index is 10.8. The Labute approximate surface area is 111 Å². The fraction of sp³-hybridized carbons (Fsp3) is 0.500.